The summed E-state index contributed by atoms with van der Waals surface area (Å²) in [5.41, 5.74) is -4.97. The number of nitro groups is 1. The molecule has 0 radical (unpaired) electrons. The smallest absolute Gasteiger partial charge is 0.379 e. The number of nitrogens with zero attached hydrogens (tertiary/aromatic N) is 1. The number of alkyl halides is 3. The lowest BCUT2D eigenvalue weighted by atomic mass is 10.1. The Hall–Kier alpha value is -2.66. The number of carbonyl (C=O) groups is 1. The van der Waals surface area contributed by atoms with Gasteiger partial charge in [-0.2, -0.15) is 13.2 Å². The minimum atomic E-state index is -4.96. The molecule has 150 valence electrons. The van der Waals surface area contributed by atoms with Crippen LogP contribution in [0.4, 0.5) is 28.9 Å². The quantitative estimate of drug-likeness (QED) is 0.317. The lowest BCUT2D eigenvalue weighted by Crippen LogP contribution is -2.42. The van der Waals surface area contributed by atoms with Gasteiger partial charge in [0.1, 0.15) is 11.4 Å². The molecule has 2 aromatic carbocycles. The molecule has 1 amide bonds. The van der Waals surface area contributed by atoms with E-state index in [0.29, 0.717) is 11.0 Å². The normalized spacial score (nSPS) is 13.6. The van der Waals surface area contributed by atoms with Crippen LogP contribution in [0.1, 0.15) is 12.5 Å². The third-order valence-electron chi connectivity index (χ3n) is 3.59. The summed E-state index contributed by atoms with van der Waals surface area (Å²) in [5, 5.41) is 23.0. The number of hydrogen-bond acceptors (Lipinski definition) is 5. The van der Waals surface area contributed by atoms with Crippen LogP contribution in [0.15, 0.2) is 47.4 Å². The molecule has 2 N–H and O–H groups in total. The van der Waals surface area contributed by atoms with Gasteiger partial charge in [-0.1, -0.05) is 0 Å². The Bertz CT molecular complexity index is 886. The number of amides is 1. The average Bonchev–Trinajstić information content (AvgIpc) is 2.60. The predicted octanol–water partition coefficient (Wildman–Crippen LogP) is 4.23. The van der Waals surface area contributed by atoms with Gasteiger partial charge in [-0.25, -0.2) is 4.39 Å². The highest BCUT2D eigenvalue weighted by Gasteiger charge is 2.37. The van der Waals surface area contributed by atoms with Crippen molar-refractivity contribution in [3.63, 3.8) is 0 Å². The van der Waals surface area contributed by atoms with Crippen LogP contribution in [0.3, 0.4) is 0 Å². The van der Waals surface area contributed by atoms with E-state index in [-0.39, 0.29) is 5.75 Å². The van der Waals surface area contributed by atoms with E-state index in [1.54, 1.807) is 0 Å². The summed E-state index contributed by atoms with van der Waals surface area (Å²) in [7, 11) is 0. The highest BCUT2D eigenvalue weighted by molar-refractivity contribution is 7.99. The van der Waals surface area contributed by atoms with Crippen molar-refractivity contribution in [3.8, 4) is 0 Å². The molecule has 0 saturated carbocycles. The number of halogens is 4. The first kappa shape index (κ1) is 21.6. The summed E-state index contributed by atoms with van der Waals surface area (Å²) in [4.78, 5) is 22.5. The summed E-state index contributed by atoms with van der Waals surface area (Å²) in [5.74, 6) is -1.81. The van der Waals surface area contributed by atoms with Gasteiger partial charge in [0.2, 0.25) is 0 Å². The maximum Gasteiger partial charge on any atom is 0.418 e. The summed E-state index contributed by atoms with van der Waals surface area (Å²) < 4.78 is 52.4. The highest BCUT2D eigenvalue weighted by atomic mass is 32.2. The number of hydrogen-bond donors (Lipinski definition) is 2. The van der Waals surface area contributed by atoms with Crippen LogP contribution in [0.2, 0.25) is 0 Å². The Morgan fingerprint density at radius 1 is 1.21 bits per heavy atom. The Kier molecular flexibility index (Phi) is 6.30. The van der Waals surface area contributed by atoms with Gasteiger partial charge < -0.3 is 10.4 Å². The fourth-order valence-electron chi connectivity index (χ4n) is 2.07. The van der Waals surface area contributed by atoms with Crippen molar-refractivity contribution in [2.45, 2.75) is 23.6 Å². The molecule has 11 heteroatoms. The maximum absolute atomic E-state index is 13.2. The Balaban J connectivity index is 2.18. The zero-order valence-corrected chi connectivity index (χ0v) is 15.1. The van der Waals surface area contributed by atoms with Crippen molar-refractivity contribution < 1.29 is 32.4 Å². The standard InChI is InChI=1S/C17H14F4N2O4S/c1-16(25,9-28-12-5-2-10(18)3-6-12)15(24)22-14-7-4-11(23(26)27)8-13(14)17(19,20)21/h2-8,25H,9H2,1H3,(H,22,24). The van der Waals surface area contributed by atoms with Gasteiger partial charge in [0.05, 0.1) is 16.2 Å². The van der Waals surface area contributed by atoms with Crippen molar-refractivity contribution in [1.29, 1.82) is 0 Å². The third kappa shape index (κ3) is 5.42. The molecule has 0 fully saturated rings. The number of nitro benzene ring substituents is 1. The van der Waals surface area contributed by atoms with Crippen molar-refractivity contribution >= 4 is 29.0 Å². The molecule has 0 aliphatic heterocycles. The maximum atomic E-state index is 13.2. The SMILES string of the molecule is CC(O)(CSc1ccc(F)cc1)C(=O)Nc1ccc([N+](=O)[O-])cc1C(F)(F)F. The van der Waals surface area contributed by atoms with E-state index < -0.39 is 45.4 Å². The topological polar surface area (TPSA) is 92.5 Å². The number of carbonyl (C=O) groups excluding carboxylic acids is 1. The lowest BCUT2D eigenvalue weighted by Gasteiger charge is -2.23. The molecular weight excluding hydrogens is 404 g/mol. The minimum absolute atomic E-state index is 0.223. The Labute approximate surface area is 160 Å². The fourth-order valence-corrected chi connectivity index (χ4v) is 2.97. The monoisotopic (exact) mass is 418 g/mol. The second-order valence-corrected chi connectivity index (χ2v) is 7.00. The second kappa shape index (κ2) is 8.15. The first-order valence-corrected chi connectivity index (χ1v) is 8.66. The average molecular weight is 418 g/mol. The molecule has 2 rings (SSSR count). The predicted molar refractivity (Wildman–Crippen MR) is 94.5 cm³/mol. The zero-order valence-electron chi connectivity index (χ0n) is 14.3. The summed E-state index contributed by atoms with van der Waals surface area (Å²) in [6, 6.07) is 7.08. The van der Waals surface area contributed by atoms with Gasteiger partial charge in [0, 0.05) is 22.8 Å². The van der Waals surface area contributed by atoms with Crippen molar-refractivity contribution in [3.05, 3.63) is 64.0 Å². The third-order valence-corrected chi connectivity index (χ3v) is 4.90. The number of anilines is 1. The van der Waals surface area contributed by atoms with Gasteiger partial charge in [0.25, 0.3) is 11.6 Å². The molecule has 0 aliphatic carbocycles. The molecule has 0 bridgehead atoms. The summed E-state index contributed by atoms with van der Waals surface area (Å²) in [6.07, 6.45) is -4.96. The van der Waals surface area contributed by atoms with E-state index in [2.05, 4.69) is 0 Å². The number of aliphatic hydroxyl groups is 1. The molecule has 0 heterocycles. The molecule has 0 aromatic heterocycles. The van der Waals surface area contributed by atoms with Gasteiger partial charge in [0.15, 0.2) is 0 Å². The van der Waals surface area contributed by atoms with E-state index in [0.717, 1.165) is 30.8 Å². The van der Waals surface area contributed by atoms with Gasteiger partial charge in [-0.05, 0) is 37.3 Å². The van der Waals surface area contributed by atoms with Crippen LogP contribution < -0.4 is 5.32 Å². The number of rotatable bonds is 6. The summed E-state index contributed by atoms with van der Waals surface area (Å²) in [6.45, 7) is 1.11. The minimum Gasteiger partial charge on any atom is -0.379 e. The first-order valence-electron chi connectivity index (χ1n) is 7.68. The number of non-ortho nitro benzene ring substituents is 1. The molecular formula is C17H14F4N2O4S. The van der Waals surface area contributed by atoms with Crippen LogP contribution in [-0.2, 0) is 11.0 Å². The Morgan fingerprint density at radius 2 is 1.82 bits per heavy atom. The fraction of sp³-hybridized carbons (Fsp3) is 0.235. The zero-order chi connectivity index (χ0) is 21.1. The van der Waals surface area contributed by atoms with E-state index in [1.807, 2.05) is 5.32 Å². The van der Waals surface area contributed by atoms with Crippen LogP contribution >= 0.6 is 11.8 Å². The van der Waals surface area contributed by atoms with Gasteiger partial charge in [-0.15, -0.1) is 11.8 Å². The molecule has 0 spiro atoms. The summed E-state index contributed by atoms with van der Waals surface area (Å²) >= 11 is 1.00. The molecule has 1 atom stereocenters. The first-order chi connectivity index (χ1) is 12.9. The van der Waals surface area contributed by atoms with Crippen LogP contribution in [0.5, 0.6) is 0 Å². The van der Waals surface area contributed by atoms with E-state index in [4.69, 9.17) is 0 Å². The van der Waals surface area contributed by atoms with Gasteiger partial charge in [-0.3, -0.25) is 14.9 Å². The molecule has 2 aromatic rings. The largest absolute Gasteiger partial charge is 0.418 e. The molecule has 1 unspecified atom stereocenters. The van der Waals surface area contributed by atoms with E-state index >= 15 is 0 Å². The van der Waals surface area contributed by atoms with Crippen molar-refractivity contribution in [1.82, 2.24) is 0 Å². The number of nitrogens with one attached hydrogen (secondary N) is 1. The highest BCUT2D eigenvalue weighted by Crippen LogP contribution is 2.37. The number of thioether (sulfide) groups is 1. The van der Waals surface area contributed by atoms with Crippen LogP contribution in [0, 0.1) is 15.9 Å². The molecule has 0 saturated heterocycles. The van der Waals surface area contributed by atoms with E-state index in [9.17, 15) is 37.6 Å². The van der Waals surface area contributed by atoms with Gasteiger partial charge >= 0.3 is 6.18 Å². The molecule has 0 aliphatic rings. The van der Waals surface area contributed by atoms with Crippen LogP contribution in [0.25, 0.3) is 0 Å². The number of benzene rings is 2. The van der Waals surface area contributed by atoms with Crippen molar-refractivity contribution in [2.75, 3.05) is 11.1 Å². The lowest BCUT2D eigenvalue weighted by molar-refractivity contribution is -0.385. The molecule has 6 nitrogen and oxygen atoms in total. The molecule has 28 heavy (non-hydrogen) atoms. The Morgan fingerprint density at radius 3 is 2.36 bits per heavy atom. The van der Waals surface area contributed by atoms with Crippen molar-refractivity contribution in [2.24, 2.45) is 0 Å². The van der Waals surface area contributed by atoms with E-state index in [1.165, 1.54) is 24.3 Å². The second-order valence-electron chi connectivity index (χ2n) is 5.96. The van der Waals surface area contributed by atoms with Crippen LogP contribution in [-0.4, -0.2) is 27.3 Å².